The van der Waals surface area contributed by atoms with Crippen molar-refractivity contribution in [1.82, 2.24) is 15.1 Å². The lowest BCUT2D eigenvalue weighted by Gasteiger charge is -2.18. The van der Waals surface area contributed by atoms with E-state index in [9.17, 15) is 9.59 Å². The smallest absolute Gasteiger partial charge is 0.226 e. The van der Waals surface area contributed by atoms with Gasteiger partial charge in [-0.3, -0.25) is 9.59 Å². The molecule has 0 radical (unpaired) electrons. The number of aromatic nitrogens is 2. The molecule has 1 heterocycles. The Morgan fingerprint density at radius 2 is 1.81 bits per heavy atom. The van der Waals surface area contributed by atoms with Crippen LogP contribution in [0.4, 0.5) is 5.69 Å². The maximum absolute atomic E-state index is 12.7. The Morgan fingerprint density at radius 1 is 1.11 bits per heavy atom. The van der Waals surface area contributed by atoms with Gasteiger partial charge in [0.1, 0.15) is 0 Å². The van der Waals surface area contributed by atoms with Crippen molar-refractivity contribution >= 4 is 33.4 Å². The van der Waals surface area contributed by atoms with Crippen molar-refractivity contribution in [3.63, 3.8) is 0 Å². The lowest BCUT2D eigenvalue weighted by Crippen LogP contribution is -2.29. The van der Waals surface area contributed by atoms with E-state index in [1.54, 1.807) is 10.9 Å². The summed E-state index contributed by atoms with van der Waals surface area (Å²) in [6.07, 6.45) is 3.62. The SMILES string of the molecule is CC(=O)NC(CC(=O)Nc1ccccc1-n1cc(Br)cn1)c1ccccc1. The highest BCUT2D eigenvalue weighted by Gasteiger charge is 2.18. The number of para-hydroxylation sites is 2. The molecule has 2 amide bonds. The zero-order chi connectivity index (χ0) is 19.2. The minimum Gasteiger partial charge on any atom is -0.349 e. The third-order valence-corrected chi connectivity index (χ3v) is 4.35. The normalized spacial score (nSPS) is 11.6. The lowest BCUT2D eigenvalue weighted by molar-refractivity contribution is -0.120. The number of benzene rings is 2. The molecular weight excluding hydrogens is 408 g/mol. The molecule has 27 heavy (non-hydrogen) atoms. The summed E-state index contributed by atoms with van der Waals surface area (Å²) in [7, 11) is 0. The van der Waals surface area contributed by atoms with Crippen LogP contribution in [0, 0.1) is 0 Å². The van der Waals surface area contributed by atoms with E-state index in [1.165, 1.54) is 6.92 Å². The molecule has 0 saturated carbocycles. The Hall–Kier alpha value is -2.93. The Bertz CT molecular complexity index is 940. The van der Waals surface area contributed by atoms with Gasteiger partial charge in [-0.25, -0.2) is 4.68 Å². The second-order valence-corrected chi connectivity index (χ2v) is 6.95. The van der Waals surface area contributed by atoms with Crippen molar-refractivity contribution in [2.45, 2.75) is 19.4 Å². The van der Waals surface area contributed by atoms with Crippen molar-refractivity contribution in [1.29, 1.82) is 0 Å². The predicted octanol–water partition coefficient (Wildman–Crippen LogP) is 3.84. The number of amides is 2. The maximum Gasteiger partial charge on any atom is 0.226 e. The molecule has 3 rings (SSSR count). The van der Waals surface area contributed by atoms with Gasteiger partial charge in [0.05, 0.1) is 34.5 Å². The van der Waals surface area contributed by atoms with E-state index >= 15 is 0 Å². The summed E-state index contributed by atoms with van der Waals surface area (Å²) in [5, 5.41) is 10.0. The minimum atomic E-state index is -0.394. The number of nitrogens with zero attached hydrogens (tertiary/aromatic N) is 2. The van der Waals surface area contributed by atoms with E-state index in [2.05, 4.69) is 31.7 Å². The van der Waals surface area contributed by atoms with Crippen LogP contribution in [0.3, 0.4) is 0 Å². The number of nitrogens with one attached hydrogen (secondary N) is 2. The molecule has 3 aromatic rings. The molecule has 1 atom stereocenters. The molecule has 2 aromatic carbocycles. The van der Waals surface area contributed by atoms with Gasteiger partial charge in [-0.15, -0.1) is 0 Å². The second-order valence-electron chi connectivity index (χ2n) is 6.04. The standard InChI is InChI=1S/C20H19BrN4O2/c1-14(26)23-18(15-7-3-2-4-8-15)11-20(27)24-17-9-5-6-10-19(17)25-13-16(21)12-22-25/h2-10,12-13,18H,11H2,1H3,(H,23,26)(H,24,27). The fourth-order valence-electron chi connectivity index (χ4n) is 2.78. The van der Waals surface area contributed by atoms with Crippen molar-refractivity contribution in [2.24, 2.45) is 0 Å². The van der Waals surface area contributed by atoms with Gasteiger partial charge in [-0.1, -0.05) is 42.5 Å². The number of hydrogen-bond donors (Lipinski definition) is 2. The fraction of sp³-hybridized carbons (Fsp3) is 0.150. The summed E-state index contributed by atoms with van der Waals surface area (Å²) < 4.78 is 2.53. The van der Waals surface area contributed by atoms with E-state index in [0.717, 1.165) is 15.7 Å². The van der Waals surface area contributed by atoms with Crippen LogP contribution >= 0.6 is 15.9 Å². The topological polar surface area (TPSA) is 76.0 Å². The maximum atomic E-state index is 12.7. The molecule has 0 spiro atoms. The van der Waals surface area contributed by atoms with Crippen molar-refractivity contribution in [3.8, 4) is 5.69 Å². The third-order valence-electron chi connectivity index (χ3n) is 3.94. The summed E-state index contributed by atoms with van der Waals surface area (Å²) >= 11 is 3.38. The van der Waals surface area contributed by atoms with E-state index in [0.29, 0.717) is 5.69 Å². The molecule has 0 aliphatic carbocycles. The summed E-state index contributed by atoms with van der Waals surface area (Å²) in [4.78, 5) is 24.2. The van der Waals surface area contributed by atoms with Gasteiger partial charge >= 0.3 is 0 Å². The molecule has 138 valence electrons. The Morgan fingerprint density at radius 3 is 2.48 bits per heavy atom. The minimum absolute atomic E-state index is 0.126. The Balaban J connectivity index is 1.78. The van der Waals surface area contributed by atoms with E-state index in [-0.39, 0.29) is 18.2 Å². The van der Waals surface area contributed by atoms with Gasteiger partial charge in [-0.2, -0.15) is 5.10 Å². The van der Waals surface area contributed by atoms with Crippen LogP contribution in [-0.4, -0.2) is 21.6 Å². The van der Waals surface area contributed by atoms with Gasteiger partial charge in [0, 0.05) is 13.1 Å². The van der Waals surface area contributed by atoms with Crippen LogP contribution in [-0.2, 0) is 9.59 Å². The molecule has 0 saturated heterocycles. The molecule has 1 unspecified atom stereocenters. The number of halogens is 1. The lowest BCUT2D eigenvalue weighted by atomic mass is 10.0. The van der Waals surface area contributed by atoms with E-state index in [4.69, 9.17) is 0 Å². The zero-order valence-corrected chi connectivity index (χ0v) is 16.3. The average molecular weight is 427 g/mol. The first-order valence-corrected chi connectivity index (χ1v) is 9.23. The van der Waals surface area contributed by atoms with Crippen molar-refractivity contribution < 1.29 is 9.59 Å². The number of rotatable bonds is 6. The van der Waals surface area contributed by atoms with Gasteiger partial charge in [0.15, 0.2) is 0 Å². The zero-order valence-electron chi connectivity index (χ0n) is 14.7. The summed E-state index contributed by atoms with van der Waals surface area (Å²) in [5.41, 5.74) is 2.28. The molecule has 0 fully saturated rings. The first-order valence-electron chi connectivity index (χ1n) is 8.44. The third kappa shape index (κ3) is 5.04. The van der Waals surface area contributed by atoms with Crippen LogP contribution in [0.5, 0.6) is 0 Å². The van der Waals surface area contributed by atoms with Crippen LogP contribution < -0.4 is 10.6 Å². The number of anilines is 1. The average Bonchev–Trinajstić information content (AvgIpc) is 3.08. The monoisotopic (exact) mass is 426 g/mol. The van der Waals surface area contributed by atoms with Crippen molar-refractivity contribution in [2.75, 3.05) is 5.32 Å². The molecule has 0 bridgehead atoms. The summed E-state index contributed by atoms with van der Waals surface area (Å²) in [5.74, 6) is -0.380. The number of carbonyl (C=O) groups excluding carboxylic acids is 2. The highest BCUT2D eigenvalue weighted by molar-refractivity contribution is 9.10. The summed E-state index contributed by atoms with van der Waals surface area (Å²) in [6, 6.07) is 16.5. The van der Waals surface area contributed by atoms with Gasteiger partial charge in [0.2, 0.25) is 11.8 Å². The molecule has 7 heteroatoms. The van der Waals surface area contributed by atoms with E-state index in [1.807, 2.05) is 60.8 Å². The van der Waals surface area contributed by atoms with Crippen LogP contribution in [0.15, 0.2) is 71.5 Å². The highest BCUT2D eigenvalue weighted by Crippen LogP contribution is 2.23. The molecular formula is C20H19BrN4O2. The van der Waals surface area contributed by atoms with Gasteiger partial charge in [-0.05, 0) is 33.6 Å². The van der Waals surface area contributed by atoms with Crippen LogP contribution in [0.25, 0.3) is 5.69 Å². The molecule has 0 aliphatic rings. The molecule has 0 aliphatic heterocycles. The van der Waals surface area contributed by atoms with Crippen molar-refractivity contribution in [3.05, 3.63) is 77.0 Å². The molecule has 6 nitrogen and oxygen atoms in total. The van der Waals surface area contributed by atoms with Gasteiger partial charge in [0.25, 0.3) is 0 Å². The predicted molar refractivity (Wildman–Crippen MR) is 108 cm³/mol. The Kier molecular flexibility index (Phi) is 6.03. The molecule has 2 N–H and O–H groups in total. The Labute approximate surface area is 165 Å². The van der Waals surface area contributed by atoms with Gasteiger partial charge < -0.3 is 10.6 Å². The van der Waals surface area contributed by atoms with Crippen LogP contribution in [0.1, 0.15) is 24.9 Å². The first kappa shape index (κ1) is 18.8. The fourth-order valence-corrected chi connectivity index (χ4v) is 3.07. The number of carbonyl (C=O) groups is 2. The first-order chi connectivity index (χ1) is 13.0. The quantitative estimate of drug-likeness (QED) is 0.628. The largest absolute Gasteiger partial charge is 0.349 e. The van der Waals surface area contributed by atoms with E-state index < -0.39 is 6.04 Å². The number of hydrogen-bond acceptors (Lipinski definition) is 3. The highest BCUT2D eigenvalue weighted by atomic mass is 79.9. The van der Waals surface area contributed by atoms with Crippen LogP contribution in [0.2, 0.25) is 0 Å². The summed E-state index contributed by atoms with van der Waals surface area (Å²) in [6.45, 7) is 1.44. The second kappa shape index (κ2) is 8.64. The molecule has 1 aromatic heterocycles.